The van der Waals surface area contributed by atoms with Crippen molar-refractivity contribution >= 4 is 52.6 Å². The van der Waals surface area contributed by atoms with Crippen molar-refractivity contribution in [3.05, 3.63) is 44.7 Å². The van der Waals surface area contributed by atoms with Crippen LogP contribution in [0.1, 0.15) is 16.1 Å². The van der Waals surface area contributed by atoms with Gasteiger partial charge in [0.2, 0.25) is 0 Å². The van der Waals surface area contributed by atoms with E-state index in [0.29, 0.717) is 30.3 Å². The van der Waals surface area contributed by atoms with Gasteiger partial charge in [0.25, 0.3) is 5.91 Å². The number of benzene rings is 1. The van der Waals surface area contributed by atoms with Gasteiger partial charge in [0.1, 0.15) is 18.2 Å². The van der Waals surface area contributed by atoms with Crippen molar-refractivity contribution in [1.29, 1.82) is 0 Å². The van der Waals surface area contributed by atoms with Crippen LogP contribution < -0.4 is 20.6 Å². The lowest BCUT2D eigenvalue weighted by Gasteiger charge is -2.18. The van der Waals surface area contributed by atoms with E-state index in [2.05, 4.69) is 15.5 Å². The second-order valence-corrected chi connectivity index (χ2v) is 6.01. The number of carbonyl (C=O) groups excluding carboxylic acids is 1. The number of ether oxygens (including phenoxy) is 2. The predicted octanol–water partition coefficient (Wildman–Crippen LogP) is 3.16. The molecule has 7 nitrogen and oxygen atoms in total. The molecule has 0 radical (unpaired) electrons. The van der Waals surface area contributed by atoms with Gasteiger partial charge in [-0.3, -0.25) is 4.79 Å². The van der Waals surface area contributed by atoms with Crippen LogP contribution in [0.2, 0.25) is 15.2 Å². The molecule has 0 aliphatic carbocycles. The van der Waals surface area contributed by atoms with Crippen LogP contribution in [0.25, 0.3) is 0 Å². The number of hydrogen-bond acceptors (Lipinski definition) is 6. The van der Waals surface area contributed by atoms with Crippen molar-refractivity contribution in [3.63, 3.8) is 0 Å². The Labute approximate surface area is 157 Å². The van der Waals surface area contributed by atoms with Crippen LogP contribution in [0.4, 0.5) is 5.69 Å². The number of anilines is 1. The fraction of sp³-hybridized carbons (Fsp3) is 0.133. The second kappa shape index (κ2) is 7.35. The maximum atomic E-state index is 12.1. The van der Waals surface area contributed by atoms with Crippen LogP contribution in [0.3, 0.4) is 0 Å². The highest BCUT2D eigenvalue weighted by atomic mass is 35.5. The standard InChI is InChI=1S/C15H11Cl3N4O3/c16-10-12(19)11(17)14(18)21-13(10)15(23)22-20-6-7-1-2-8-9(5-7)25-4-3-24-8/h1-2,5-6H,3-4H2,(H2,19,21)(H,22,23). The van der Waals surface area contributed by atoms with Crippen molar-refractivity contribution < 1.29 is 14.3 Å². The van der Waals surface area contributed by atoms with Crippen LogP contribution in [0.5, 0.6) is 11.5 Å². The predicted molar refractivity (Wildman–Crippen MR) is 96.2 cm³/mol. The van der Waals surface area contributed by atoms with Crippen LogP contribution in [-0.4, -0.2) is 30.3 Å². The number of nitrogens with one attached hydrogen (secondary N) is 1. The molecule has 25 heavy (non-hydrogen) atoms. The largest absolute Gasteiger partial charge is 0.486 e. The van der Waals surface area contributed by atoms with E-state index in [-0.39, 0.29) is 26.6 Å². The Morgan fingerprint density at radius 2 is 1.92 bits per heavy atom. The number of halogens is 3. The minimum Gasteiger partial charge on any atom is -0.486 e. The van der Waals surface area contributed by atoms with Crippen molar-refractivity contribution in [3.8, 4) is 11.5 Å². The number of nitrogen functional groups attached to an aromatic ring is 1. The first-order valence-electron chi connectivity index (χ1n) is 7.00. The highest BCUT2D eigenvalue weighted by molar-refractivity contribution is 6.46. The van der Waals surface area contributed by atoms with Crippen molar-refractivity contribution in [1.82, 2.24) is 10.4 Å². The summed E-state index contributed by atoms with van der Waals surface area (Å²) in [4.78, 5) is 15.9. The monoisotopic (exact) mass is 400 g/mol. The van der Waals surface area contributed by atoms with Gasteiger partial charge in [0.15, 0.2) is 22.3 Å². The Hall–Kier alpha value is -2.22. The molecule has 1 aromatic heterocycles. The lowest BCUT2D eigenvalue weighted by atomic mass is 10.2. The van der Waals surface area contributed by atoms with E-state index in [1.54, 1.807) is 18.2 Å². The molecule has 2 aromatic rings. The number of amides is 1. The Morgan fingerprint density at radius 3 is 2.68 bits per heavy atom. The maximum absolute atomic E-state index is 12.1. The van der Waals surface area contributed by atoms with Crippen LogP contribution >= 0.6 is 34.8 Å². The van der Waals surface area contributed by atoms with Crippen LogP contribution in [0, 0.1) is 0 Å². The third-order valence-corrected chi connectivity index (χ3v) is 4.37. The van der Waals surface area contributed by atoms with Gasteiger partial charge in [-0.2, -0.15) is 5.10 Å². The highest BCUT2D eigenvalue weighted by Gasteiger charge is 2.19. The molecule has 0 bridgehead atoms. The summed E-state index contributed by atoms with van der Waals surface area (Å²) in [6.07, 6.45) is 1.44. The lowest BCUT2D eigenvalue weighted by Crippen LogP contribution is -2.20. The fourth-order valence-electron chi connectivity index (χ4n) is 2.04. The number of nitrogens with zero attached hydrogens (tertiary/aromatic N) is 2. The van der Waals surface area contributed by atoms with E-state index in [1.165, 1.54) is 6.21 Å². The van der Waals surface area contributed by atoms with Crippen LogP contribution in [-0.2, 0) is 0 Å². The molecule has 1 amide bonds. The van der Waals surface area contributed by atoms with Gasteiger partial charge in [0.05, 0.1) is 16.9 Å². The Balaban J connectivity index is 1.73. The smallest absolute Gasteiger partial charge is 0.291 e. The lowest BCUT2D eigenvalue weighted by molar-refractivity contribution is 0.0950. The number of nitrogens with two attached hydrogens (primary N) is 1. The normalized spacial score (nSPS) is 13.1. The molecule has 1 aromatic carbocycles. The number of hydrazone groups is 1. The third kappa shape index (κ3) is 3.73. The molecule has 0 saturated heterocycles. The zero-order valence-electron chi connectivity index (χ0n) is 12.6. The van der Waals surface area contributed by atoms with E-state index in [1.807, 2.05) is 0 Å². The third-order valence-electron chi connectivity index (χ3n) is 3.23. The molecular weight excluding hydrogens is 391 g/mol. The molecule has 10 heteroatoms. The molecular formula is C15H11Cl3N4O3. The van der Waals surface area contributed by atoms with E-state index >= 15 is 0 Å². The van der Waals surface area contributed by atoms with Gasteiger partial charge in [0, 0.05) is 0 Å². The summed E-state index contributed by atoms with van der Waals surface area (Å²) in [5, 5.41) is 3.63. The van der Waals surface area contributed by atoms with Gasteiger partial charge in [-0.1, -0.05) is 34.8 Å². The van der Waals surface area contributed by atoms with Crippen molar-refractivity contribution in [2.45, 2.75) is 0 Å². The number of carbonyl (C=O) groups is 1. The Bertz CT molecular complexity index is 874. The molecule has 130 valence electrons. The van der Waals surface area contributed by atoms with Gasteiger partial charge in [-0.05, 0) is 23.8 Å². The average molecular weight is 402 g/mol. The Kier molecular flexibility index (Phi) is 5.17. The molecule has 1 aliphatic heterocycles. The quantitative estimate of drug-likeness (QED) is 0.467. The van der Waals surface area contributed by atoms with Crippen molar-refractivity contribution in [2.75, 3.05) is 18.9 Å². The SMILES string of the molecule is Nc1c(Cl)c(Cl)nc(C(=O)NN=Cc2ccc3c(c2)OCCO3)c1Cl. The molecule has 0 spiro atoms. The zero-order valence-corrected chi connectivity index (χ0v) is 14.8. The molecule has 2 heterocycles. The highest BCUT2D eigenvalue weighted by Crippen LogP contribution is 2.34. The first kappa shape index (κ1) is 17.6. The van der Waals surface area contributed by atoms with Crippen molar-refractivity contribution in [2.24, 2.45) is 5.10 Å². The van der Waals surface area contributed by atoms with Gasteiger partial charge >= 0.3 is 0 Å². The number of fused-ring (bicyclic) bond motifs is 1. The average Bonchev–Trinajstić information content (AvgIpc) is 2.62. The molecule has 1 aliphatic rings. The summed E-state index contributed by atoms with van der Waals surface area (Å²) in [6.45, 7) is 0.990. The van der Waals surface area contributed by atoms with Gasteiger partial charge in [-0.25, -0.2) is 10.4 Å². The summed E-state index contributed by atoms with van der Waals surface area (Å²) in [5.41, 5.74) is 8.48. The summed E-state index contributed by atoms with van der Waals surface area (Å²) in [6, 6.07) is 5.27. The maximum Gasteiger partial charge on any atom is 0.291 e. The number of hydrogen-bond donors (Lipinski definition) is 2. The minimum atomic E-state index is -0.677. The van der Waals surface area contributed by atoms with Crippen LogP contribution in [0.15, 0.2) is 23.3 Å². The van der Waals surface area contributed by atoms with E-state index in [4.69, 9.17) is 50.0 Å². The molecule has 3 rings (SSSR count). The zero-order chi connectivity index (χ0) is 18.0. The molecule has 0 fully saturated rings. The molecule has 0 saturated carbocycles. The van der Waals surface area contributed by atoms with E-state index in [9.17, 15) is 4.79 Å². The summed E-state index contributed by atoms with van der Waals surface area (Å²) in [7, 11) is 0. The molecule has 3 N–H and O–H groups in total. The molecule has 0 unspecified atom stereocenters. The topological polar surface area (TPSA) is 98.8 Å². The molecule has 0 atom stereocenters. The minimum absolute atomic E-state index is 0.0111. The number of aromatic nitrogens is 1. The van der Waals surface area contributed by atoms with Gasteiger partial charge < -0.3 is 15.2 Å². The summed E-state index contributed by atoms with van der Waals surface area (Å²) < 4.78 is 10.9. The summed E-state index contributed by atoms with van der Waals surface area (Å²) in [5.74, 6) is 0.599. The summed E-state index contributed by atoms with van der Waals surface area (Å²) >= 11 is 17.6. The van der Waals surface area contributed by atoms with Gasteiger partial charge in [-0.15, -0.1) is 0 Å². The van der Waals surface area contributed by atoms with E-state index in [0.717, 1.165) is 0 Å². The second-order valence-electron chi connectivity index (χ2n) is 4.90. The fourth-order valence-corrected chi connectivity index (χ4v) is 2.63. The first-order valence-corrected chi connectivity index (χ1v) is 8.13. The Morgan fingerprint density at radius 1 is 1.20 bits per heavy atom. The van der Waals surface area contributed by atoms with E-state index < -0.39 is 5.91 Å². The first-order chi connectivity index (χ1) is 12.0. The number of pyridine rings is 1. The number of rotatable bonds is 3.